The monoisotopic (exact) mass is 618 g/mol. The van der Waals surface area contributed by atoms with Gasteiger partial charge in [0, 0.05) is 48.3 Å². The minimum atomic E-state index is -0.683. The topological polar surface area (TPSA) is 149 Å². The molecule has 12 heteroatoms. The van der Waals surface area contributed by atoms with Crippen LogP contribution < -0.4 is 11.1 Å². The van der Waals surface area contributed by atoms with Crippen LogP contribution in [0.3, 0.4) is 0 Å². The molecule has 2 unspecified atom stereocenters. The number of amides is 2. The molecule has 2 aliphatic rings. The summed E-state index contributed by atoms with van der Waals surface area (Å²) in [5.41, 5.74) is 8.40. The molecule has 1 saturated carbocycles. The Bertz CT molecular complexity index is 1670. The van der Waals surface area contributed by atoms with Gasteiger partial charge in [-0.1, -0.05) is 19.6 Å². The predicted octanol–water partition coefficient (Wildman–Crippen LogP) is 3.75. The first kappa shape index (κ1) is 28.5. The van der Waals surface area contributed by atoms with Crippen LogP contribution in [0.15, 0.2) is 53.4 Å². The summed E-state index contributed by atoms with van der Waals surface area (Å²) in [5, 5.41) is 7.99. The number of aryl methyl sites for hydroxylation is 1. The number of carbonyl (C=O) groups excluding carboxylic acids is 3. The number of pyridine rings is 1. The van der Waals surface area contributed by atoms with E-state index in [1.165, 1.54) is 6.92 Å². The average molecular weight is 620 g/mol. The quantitative estimate of drug-likeness (QED) is 0.235. The van der Waals surface area contributed by atoms with Crippen LogP contribution in [-0.4, -0.2) is 65.9 Å². The normalized spacial score (nSPS) is 20.8. The fourth-order valence-electron chi connectivity index (χ4n) is 5.69. The van der Waals surface area contributed by atoms with Gasteiger partial charge in [-0.2, -0.15) is 5.10 Å². The molecule has 0 spiro atoms. The van der Waals surface area contributed by atoms with Crippen LogP contribution in [-0.2, 0) is 16.1 Å². The van der Waals surface area contributed by atoms with Crippen molar-refractivity contribution in [3.05, 3.63) is 64.9 Å². The Labute approximate surface area is 245 Å². The number of anilines is 1. The molecule has 4 heterocycles. The van der Waals surface area contributed by atoms with Gasteiger partial charge in [0.15, 0.2) is 5.78 Å². The van der Waals surface area contributed by atoms with Gasteiger partial charge in [0.25, 0.3) is 0 Å². The molecule has 3 N–H and O–H groups in total. The van der Waals surface area contributed by atoms with E-state index < -0.39 is 6.04 Å². The van der Waals surface area contributed by atoms with Crippen molar-refractivity contribution in [3.63, 3.8) is 0 Å². The van der Waals surface area contributed by atoms with Crippen molar-refractivity contribution >= 4 is 50.2 Å². The van der Waals surface area contributed by atoms with E-state index in [-0.39, 0.29) is 48.7 Å². The van der Waals surface area contributed by atoms with E-state index in [2.05, 4.69) is 41.3 Å². The molecule has 0 radical (unpaired) electrons. The Hall–Kier alpha value is -4.03. The molecular weight excluding hydrogens is 588 g/mol. The van der Waals surface area contributed by atoms with Crippen molar-refractivity contribution in [2.75, 3.05) is 11.9 Å². The van der Waals surface area contributed by atoms with E-state index >= 15 is 0 Å². The van der Waals surface area contributed by atoms with Crippen molar-refractivity contribution in [2.45, 2.75) is 52.7 Å². The maximum Gasteiger partial charge on any atom is 0.248 e. The summed E-state index contributed by atoms with van der Waals surface area (Å²) in [5.74, 6) is 0.289. The van der Waals surface area contributed by atoms with Crippen LogP contribution in [0.2, 0.25) is 0 Å². The van der Waals surface area contributed by atoms with E-state index in [1.54, 1.807) is 40.2 Å². The lowest BCUT2D eigenvalue weighted by atomic mass is 9.99. The van der Waals surface area contributed by atoms with Gasteiger partial charge in [0.05, 0.1) is 5.52 Å². The number of carbonyl (C=O) groups is 3. The molecule has 11 nitrogen and oxygen atoms in total. The number of nitrogens with one attached hydrogen (secondary N) is 1. The fourth-order valence-corrected chi connectivity index (χ4v) is 6.03. The van der Waals surface area contributed by atoms with Gasteiger partial charge in [0.2, 0.25) is 11.8 Å². The smallest absolute Gasteiger partial charge is 0.248 e. The molecule has 2 amide bonds. The number of aromatic nitrogens is 5. The van der Waals surface area contributed by atoms with Crippen molar-refractivity contribution < 1.29 is 14.4 Å². The minimum absolute atomic E-state index is 0. The first-order chi connectivity index (χ1) is 19.2. The number of fused-ring (bicyclic) bond motifs is 2. The lowest BCUT2D eigenvalue weighted by Gasteiger charge is -2.26. The fraction of sp³-hybridized carbons (Fsp3) is 0.345. The van der Waals surface area contributed by atoms with Gasteiger partial charge >= 0.3 is 0 Å². The molecule has 3 aromatic heterocycles. The van der Waals surface area contributed by atoms with Crippen LogP contribution in [0.25, 0.3) is 22.0 Å². The zero-order valence-corrected chi connectivity index (χ0v) is 23.6. The van der Waals surface area contributed by atoms with E-state index in [0.717, 1.165) is 17.5 Å². The molecule has 4 aromatic rings. The summed E-state index contributed by atoms with van der Waals surface area (Å²) >= 11 is 3.31. The molecule has 1 aromatic carbocycles. The highest BCUT2D eigenvalue weighted by Gasteiger charge is 2.66. The summed E-state index contributed by atoms with van der Waals surface area (Å²) in [6, 6.07) is 10.0. The van der Waals surface area contributed by atoms with Crippen molar-refractivity contribution in [3.8, 4) is 11.1 Å². The summed E-state index contributed by atoms with van der Waals surface area (Å²) in [4.78, 5) is 54.1. The molecule has 3 atom stereocenters. The minimum Gasteiger partial charge on any atom is -0.330 e. The molecule has 1 aliphatic heterocycles. The number of Topliss-reactive ketones (excluding diaryl/α,β-unsaturated/α-hetero) is 1. The number of likely N-dealkylation sites (tertiary alicyclic amines) is 1. The van der Waals surface area contributed by atoms with Crippen molar-refractivity contribution in [2.24, 2.45) is 11.1 Å². The Morgan fingerprint density at radius 1 is 1.12 bits per heavy atom. The first-order valence-electron chi connectivity index (χ1n) is 12.9. The number of benzene rings is 1. The second kappa shape index (κ2) is 10.7. The Morgan fingerprint density at radius 2 is 1.88 bits per heavy atom. The number of hydrogen-bond acceptors (Lipinski definition) is 8. The molecule has 41 heavy (non-hydrogen) atoms. The van der Waals surface area contributed by atoms with E-state index in [9.17, 15) is 14.4 Å². The number of nitrogens with two attached hydrogens (primary N) is 1. The highest BCUT2D eigenvalue weighted by molar-refractivity contribution is 9.10. The van der Waals surface area contributed by atoms with Gasteiger partial charge in [-0.05, 0) is 65.5 Å². The van der Waals surface area contributed by atoms with Crippen LogP contribution in [0.4, 0.5) is 5.82 Å². The van der Waals surface area contributed by atoms with Gasteiger partial charge in [-0.25, -0.2) is 15.0 Å². The lowest BCUT2D eigenvalue weighted by molar-refractivity contribution is -0.138. The number of rotatable bonds is 7. The molecular formula is C29H31BrN8O3. The second-order valence-electron chi connectivity index (χ2n) is 10.5. The van der Waals surface area contributed by atoms with Crippen molar-refractivity contribution in [1.82, 2.24) is 29.6 Å². The number of ketones is 1. The van der Waals surface area contributed by atoms with E-state index in [1.807, 2.05) is 25.1 Å². The Morgan fingerprint density at radius 3 is 2.56 bits per heavy atom. The number of hydrogen-bond donors (Lipinski definition) is 2. The summed E-state index contributed by atoms with van der Waals surface area (Å²) in [6.07, 6.45) is 4.70. The summed E-state index contributed by atoms with van der Waals surface area (Å²) in [7, 11) is 0. The highest BCUT2D eigenvalue weighted by atomic mass is 79.9. The van der Waals surface area contributed by atoms with Crippen LogP contribution in [0, 0.1) is 12.3 Å². The third-order valence-corrected chi connectivity index (χ3v) is 8.31. The SMILES string of the molecule is C.CC(=O)c1nn(CC(=O)N2C3CC3(CN)C[C@H]2C(=O)Nc2cccc(Br)n2)c2ccc(-c3cnc(C)nc3)cc12. The largest absolute Gasteiger partial charge is 0.330 e. The van der Waals surface area contributed by atoms with Crippen LogP contribution in [0.5, 0.6) is 0 Å². The maximum absolute atomic E-state index is 13.8. The third kappa shape index (κ3) is 5.13. The van der Waals surface area contributed by atoms with Crippen molar-refractivity contribution in [1.29, 1.82) is 0 Å². The molecule has 212 valence electrons. The third-order valence-electron chi connectivity index (χ3n) is 7.86. The predicted molar refractivity (Wildman–Crippen MR) is 158 cm³/mol. The first-order valence-corrected chi connectivity index (χ1v) is 13.7. The average Bonchev–Trinajstić information content (AvgIpc) is 3.36. The number of halogens is 1. The van der Waals surface area contributed by atoms with Gasteiger partial charge in [0.1, 0.15) is 34.5 Å². The van der Waals surface area contributed by atoms with Gasteiger partial charge < -0.3 is 16.0 Å². The molecule has 1 saturated heterocycles. The summed E-state index contributed by atoms with van der Waals surface area (Å²) in [6.45, 7) is 3.54. The van der Waals surface area contributed by atoms with Gasteiger partial charge in [-0.15, -0.1) is 0 Å². The Balaban J connectivity index is 0.00000337. The zero-order valence-electron chi connectivity index (χ0n) is 22.0. The Kier molecular flexibility index (Phi) is 7.47. The van der Waals surface area contributed by atoms with E-state index in [0.29, 0.717) is 40.1 Å². The highest BCUT2D eigenvalue weighted by Crippen LogP contribution is 2.59. The molecule has 0 bridgehead atoms. The molecule has 2 fully saturated rings. The van der Waals surface area contributed by atoms with E-state index in [4.69, 9.17) is 5.73 Å². The maximum atomic E-state index is 13.8. The molecule has 6 rings (SSSR count). The lowest BCUT2D eigenvalue weighted by Crippen LogP contribution is -2.46. The number of nitrogens with zero attached hydrogens (tertiary/aromatic N) is 6. The molecule has 1 aliphatic carbocycles. The number of piperidine rings is 1. The summed E-state index contributed by atoms with van der Waals surface area (Å²) < 4.78 is 2.13. The zero-order chi connectivity index (χ0) is 28.2. The van der Waals surface area contributed by atoms with Crippen LogP contribution >= 0.6 is 15.9 Å². The second-order valence-corrected chi connectivity index (χ2v) is 11.3. The standard InChI is InChI=1S/C28H27BrN8O3.CH4/c1-15(38)26-19-8-17(18-11-31-16(2)32-12-18)6-7-20(19)36(35-26)13-25(39)37-21(9-28(14-30)10-22(28)37)27(40)34-24-5-3-4-23(29)33-24;/h3-8,11-12,21-22H,9-10,13-14,30H2,1-2H3,(H,33,34,40);1H4/t21-,22?,28?;/m0./s1. The van der Waals surface area contributed by atoms with Gasteiger partial charge in [-0.3, -0.25) is 19.1 Å². The van der Waals surface area contributed by atoms with Crippen LogP contribution in [0.1, 0.15) is 43.5 Å².